The summed E-state index contributed by atoms with van der Waals surface area (Å²) in [5, 5.41) is 9.89. The third-order valence-corrected chi connectivity index (χ3v) is 7.31. The van der Waals surface area contributed by atoms with Gasteiger partial charge in [0.2, 0.25) is 5.88 Å². The maximum Gasteiger partial charge on any atom is 0.259 e. The van der Waals surface area contributed by atoms with Crippen LogP contribution in [0.2, 0.25) is 0 Å². The van der Waals surface area contributed by atoms with Crippen molar-refractivity contribution in [3.8, 4) is 17.0 Å². The van der Waals surface area contributed by atoms with Crippen LogP contribution in [-0.2, 0) is 4.74 Å². The van der Waals surface area contributed by atoms with Crippen LogP contribution in [0.1, 0.15) is 42.6 Å². The number of pyridine rings is 1. The zero-order valence-electron chi connectivity index (χ0n) is 21.4. The molecule has 0 aliphatic carbocycles. The fourth-order valence-corrected chi connectivity index (χ4v) is 4.98. The van der Waals surface area contributed by atoms with E-state index in [0.717, 1.165) is 50.3 Å². The molecule has 1 aromatic carbocycles. The van der Waals surface area contributed by atoms with E-state index < -0.39 is 0 Å². The Hall–Kier alpha value is -2.48. The molecule has 3 atom stereocenters. The van der Waals surface area contributed by atoms with Crippen molar-refractivity contribution < 1.29 is 19.4 Å². The lowest BCUT2D eigenvalue weighted by Gasteiger charge is -2.38. The van der Waals surface area contributed by atoms with Crippen molar-refractivity contribution in [1.29, 1.82) is 0 Å². The highest BCUT2D eigenvalue weighted by atomic mass is 16.5. The quantitative estimate of drug-likeness (QED) is 0.651. The molecule has 35 heavy (non-hydrogen) atoms. The highest BCUT2D eigenvalue weighted by molar-refractivity contribution is 5.98. The summed E-state index contributed by atoms with van der Waals surface area (Å²) in [4.78, 5) is 22.4. The van der Waals surface area contributed by atoms with Gasteiger partial charge >= 0.3 is 0 Å². The molecule has 1 fully saturated rings. The van der Waals surface area contributed by atoms with Crippen molar-refractivity contribution in [3.63, 3.8) is 0 Å². The van der Waals surface area contributed by atoms with Gasteiger partial charge in [0.1, 0.15) is 11.7 Å². The van der Waals surface area contributed by atoms with E-state index >= 15 is 0 Å². The third-order valence-electron chi connectivity index (χ3n) is 7.31. The molecule has 0 spiro atoms. The molecule has 0 radical (unpaired) electrons. The van der Waals surface area contributed by atoms with Crippen molar-refractivity contribution in [1.82, 2.24) is 14.8 Å². The molecule has 2 aliphatic rings. The van der Waals surface area contributed by atoms with Gasteiger partial charge in [-0.25, -0.2) is 4.98 Å². The zero-order chi connectivity index (χ0) is 24.9. The number of amides is 1. The Morgan fingerprint density at radius 3 is 2.57 bits per heavy atom. The molecule has 7 nitrogen and oxygen atoms in total. The van der Waals surface area contributed by atoms with Crippen molar-refractivity contribution in [2.75, 3.05) is 46.5 Å². The number of carbonyl (C=O) groups is 1. The van der Waals surface area contributed by atoms with Gasteiger partial charge in [0.15, 0.2) is 0 Å². The molecule has 4 rings (SSSR count). The van der Waals surface area contributed by atoms with Crippen LogP contribution in [0.4, 0.5) is 0 Å². The van der Waals surface area contributed by atoms with E-state index in [1.165, 1.54) is 5.56 Å². The second-order valence-electron chi connectivity index (χ2n) is 10.3. The van der Waals surface area contributed by atoms with Crippen molar-refractivity contribution in [2.45, 2.75) is 45.8 Å². The molecule has 1 saturated heterocycles. The molecule has 0 bridgehead atoms. The van der Waals surface area contributed by atoms with Gasteiger partial charge in [0.25, 0.3) is 5.91 Å². The molecule has 0 unspecified atom stereocenters. The number of aliphatic hydroxyl groups excluding tert-OH is 1. The number of aliphatic hydroxyl groups is 1. The molecule has 0 saturated carbocycles. The Morgan fingerprint density at radius 2 is 1.89 bits per heavy atom. The molecule has 1 amide bonds. The average Bonchev–Trinajstić information content (AvgIpc) is 2.86. The molecule has 190 valence electrons. The summed E-state index contributed by atoms with van der Waals surface area (Å²) in [6, 6.07) is 9.77. The van der Waals surface area contributed by atoms with Gasteiger partial charge in [0.05, 0.1) is 12.6 Å². The number of fused-ring (bicyclic) bond motifs is 1. The van der Waals surface area contributed by atoms with E-state index in [-0.39, 0.29) is 30.6 Å². The minimum absolute atomic E-state index is 0.0804. The number of aromatic nitrogens is 1. The number of hydrogen-bond donors (Lipinski definition) is 1. The molecular weight excluding hydrogens is 442 g/mol. The summed E-state index contributed by atoms with van der Waals surface area (Å²) >= 11 is 0. The largest absolute Gasteiger partial charge is 0.472 e. The van der Waals surface area contributed by atoms with Crippen LogP contribution >= 0.6 is 0 Å². The van der Waals surface area contributed by atoms with E-state index in [1.54, 1.807) is 11.1 Å². The second-order valence-corrected chi connectivity index (χ2v) is 10.3. The SMILES string of the molecule is Cc1ccc(-c2cnc3c(c2)C(=O)N([C@H](C)CO)C[C@@H](C)[C@@H](CN(C)CC2CCOCC2)O3)cc1. The third kappa shape index (κ3) is 6.21. The van der Waals surface area contributed by atoms with Crippen LogP contribution in [-0.4, -0.2) is 84.4 Å². The first-order valence-electron chi connectivity index (χ1n) is 12.8. The summed E-state index contributed by atoms with van der Waals surface area (Å²) in [7, 11) is 2.14. The van der Waals surface area contributed by atoms with Crippen LogP contribution in [0.5, 0.6) is 5.88 Å². The van der Waals surface area contributed by atoms with E-state index in [9.17, 15) is 9.90 Å². The van der Waals surface area contributed by atoms with E-state index in [0.29, 0.717) is 23.9 Å². The topological polar surface area (TPSA) is 75.1 Å². The maximum absolute atomic E-state index is 13.6. The first-order chi connectivity index (χ1) is 16.9. The number of carbonyl (C=O) groups excluding carboxylic acids is 1. The highest BCUT2D eigenvalue weighted by Crippen LogP contribution is 2.30. The second kappa shape index (κ2) is 11.5. The number of nitrogens with zero attached hydrogens (tertiary/aromatic N) is 3. The Bertz CT molecular complexity index is 990. The number of likely N-dealkylation sites (N-methyl/N-ethyl adjacent to an activating group) is 1. The summed E-state index contributed by atoms with van der Waals surface area (Å²) in [5.74, 6) is 0.935. The van der Waals surface area contributed by atoms with Gasteiger partial charge in [0, 0.05) is 50.5 Å². The monoisotopic (exact) mass is 481 g/mol. The van der Waals surface area contributed by atoms with E-state index in [1.807, 2.05) is 25.1 Å². The lowest BCUT2D eigenvalue weighted by Crippen LogP contribution is -2.50. The van der Waals surface area contributed by atoms with Crippen molar-refractivity contribution in [3.05, 3.63) is 47.7 Å². The predicted molar refractivity (Wildman–Crippen MR) is 137 cm³/mol. The normalized spacial score (nSPS) is 22.3. The Kier molecular flexibility index (Phi) is 8.42. The molecular formula is C28H39N3O4. The maximum atomic E-state index is 13.6. The lowest BCUT2D eigenvalue weighted by molar-refractivity contribution is 0.0254. The summed E-state index contributed by atoms with van der Waals surface area (Å²) in [5.41, 5.74) is 3.51. The fourth-order valence-electron chi connectivity index (χ4n) is 4.98. The van der Waals surface area contributed by atoms with Crippen molar-refractivity contribution in [2.24, 2.45) is 11.8 Å². The number of ether oxygens (including phenoxy) is 2. The molecule has 1 N–H and O–H groups in total. The van der Waals surface area contributed by atoms with Crippen LogP contribution in [0.15, 0.2) is 36.5 Å². The Labute approximate surface area is 209 Å². The minimum Gasteiger partial charge on any atom is -0.472 e. The van der Waals surface area contributed by atoms with Crippen LogP contribution in [0.25, 0.3) is 11.1 Å². The number of hydrogen-bond acceptors (Lipinski definition) is 6. The van der Waals surface area contributed by atoms with E-state index in [4.69, 9.17) is 9.47 Å². The molecule has 2 aromatic rings. The number of benzene rings is 1. The molecule has 3 heterocycles. The lowest BCUT2D eigenvalue weighted by atomic mass is 9.97. The van der Waals surface area contributed by atoms with Gasteiger partial charge in [-0.1, -0.05) is 36.8 Å². The Morgan fingerprint density at radius 1 is 1.17 bits per heavy atom. The summed E-state index contributed by atoms with van der Waals surface area (Å²) in [6.45, 7) is 9.90. The van der Waals surface area contributed by atoms with Gasteiger partial charge in [-0.3, -0.25) is 4.79 Å². The molecule has 7 heteroatoms. The smallest absolute Gasteiger partial charge is 0.259 e. The Balaban J connectivity index is 1.62. The van der Waals surface area contributed by atoms with Gasteiger partial charge in [-0.15, -0.1) is 0 Å². The van der Waals surface area contributed by atoms with Crippen LogP contribution in [0.3, 0.4) is 0 Å². The predicted octanol–water partition coefficient (Wildman–Crippen LogP) is 3.64. The average molecular weight is 482 g/mol. The number of rotatable bonds is 7. The zero-order valence-corrected chi connectivity index (χ0v) is 21.4. The van der Waals surface area contributed by atoms with E-state index in [2.05, 4.69) is 42.9 Å². The van der Waals surface area contributed by atoms with Crippen LogP contribution in [0, 0.1) is 18.8 Å². The molecule has 1 aromatic heterocycles. The summed E-state index contributed by atoms with van der Waals surface area (Å²) < 4.78 is 12.0. The van der Waals surface area contributed by atoms with Crippen LogP contribution < -0.4 is 4.74 Å². The minimum atomic E-state index is -0.292. The first kappa shape index (κ1) is 25.6. The summed E-state index contributed by atoms with van der Waals surface area (Å²) in [6.07, 6.45) is 3.84. The highest BCUT2D eigenvalue weighted by Gasteiger charge is 2.34. The van der Waals surface area contributed by atoms with Crippen molar-refractivity contribution >= 4 is 5.91 Å². The van der Waals surface area contributed by atoms with Gasteiger partial charge < -0.3 is 24.4 Å². The fraction of sp³-hybridized carbons (Fsp3) is 0.571. The standard InChI is InChI=1S/C28H39N3O4/c1-19-5-7-23(8-6-19)24-13-25-27(29-14-24)35-26(17-30(4)16-22-9-11-34-12-10-22)20(2)15-31(28(25)33)21(3)18-32/h5-8,13-14,20-22,26,32H,9-12,15-18H2,1-4H3/t20-,21-,26-/m1/s1. The van der Waals surface area contributed by atoms with Gasteiger partial charge in [-0.2, -0.15) is 0 Å². The van der Waals surface area contributed by atoms with Gasteiger partial charge in [-0.05, 0) is 51.3 Å². The number of aryl methyl sites for hydroxylation is 1. The first-order valence-corrected chi connectivity index (χ1v) is 12.8. The molecule has 2 aliphatic heterocycles.